The summed E-state index contributed by atoms with van der Waals surface area (Å²) >= 11 is 0. The van der Waals surface area contributed by atoms with Gasteiger partial charge in [0.2, 0.25) is 5.88 Å². The van der Waals surface area contributed by atoms with Gasteiger partial charge in [0.05, 0.1) is 31.6 Å². The molecule has 2 fully saturated rings. The minimum absolute atomic E-state index is 0.0271. The third-order valence-corrected chi connectivity index (χ3v) is 4.44. The SMILES string of the molecule is Cc1cncc(OC2CCOC3(C2)CN(C(=O)c2ccn[nH]2)C3)n1. The van der Waals surface area contributed by atoms with Crippen molar-refractivity contribution in [2.45, 2.75) is 31.5 Å². The van der Waals surface area contributed by atoms with Gasteiger partial charge >= 0.3 is 0 Å². The highest BCUT2D eigenvalue weighted by Crippen LogP contribution is 2.36. The molecule has 126 valence electrons. The summed E-state index contributed by atoms with van der Waals surface area (Å²) in [6, 6.07) is 1.68. The number of rotatable bonds is 3. The smallest absolute Gasteiger partial charge is 0.272 e. The van der Waals surface area contributed by atoms with Crippen LogP contribution in [-0.2, 0) is 4.74 Å². The van der Waals surface area contributed by atoms with Crippen molar-refractivity contribution in [2.24, 2.45) is 0 Å². The number of H-pyrrole nitrogens is 1. The van der Waals surface area contributed by atoms with E-state index in [0.29, 0.717) is 31.3 Å². The zero-order valence-corrected chi connectivity index (χ0v) is 13.4. The van der Waals surface area contributed by atoms with E-state index in [2.05, 4.69) is 20.2 Å². The fourth-order valence-electron chi connectivity index (χ4n) is 3.31. The van der Waals surface area contributed by atoms with E-state index in [0.717, 1.165) is 18.5 Å². The highest BCUT2D eigenvalue weighted by atomic mass is 16.5. The molecule has 4 rings (SSSR count). The third-order valence-electron chi connectivity index (χ3n) is 4.44. The lowest BCUT2D eigenvalue weighted by Gasteiger charge is -2.52. The van der Waals surface area contributed by atoms with Crippen LogP contribution in [0.2, 0.25) is 0 Å². The Morgan fingerprint density at radius 2 is 2.33 bits per heavy atom. The first-order chi connectivity index (χ1) is 11.6. The van der Waals surface area contributed by atoms with Crippen LogP contribution in [0.3, 0.4) is 0 Å². The first-order valence-corrected chi connectivity index (χ1v) is 8.01. The second kappa shape index (κ2) is 5.86. The second-order valence-corrected chi connectivity index (χ2v) is 6.39. The lowest BCUT2D eigenvalue weighted by molar-refractivity contribution is -0.174. The number of carbonyl (C=O) groups is 1. The number of ether oxygens (including phenoxy) is 2. The summed E-state index contributed by atoms with van der Waals surface area (Å²) in [5.74, 6) is 0.496. The lowest BCUT2D eigenvalue weighted by atomic mass is 9.84. The van der Waals surface area contributed by atoms with Gasteiger partial charge in [0.25, 0.3) is 5.91 Å². The molecule has 24 heavy (non-hydrogen) atoms. The summed E-state index contributed by atoms with van der Waals surface area (Å²) < 4.78 is 11.9. The third kappa shape index (κ3) is 2.84. The maximum atomic E-state index is 12.3. The molecular weight excluding hydrogens is 310 g/mol. The molecule has 0 aromatic carbocycles. The fourth-order valence-corrected chi connectivity index (χ4v) is 3.31. The van der Waals surface area contributed by atoms with Crippen LogP contribution in [0.1, 0.15) is 29.0 Å². The molecule has 8 nitrogen and oxygen atoms in total. The number of amides is 1. The van der Waals surface area contributed by atoms with Crippen molar-refractivity contribution in [1.29, 1.82) is 0 Å². The average Bonchev–Trinajstić information content (AvgIpc) is 3.06. The largest absolute Gasteiger partial charge is 0.473 e. The van der Waals surface area contributed by atoms with Crippen LogP contribution in [0, 0.1) is 6.92 Å². The summed E-state index contributed by atoms with van der Waals surface area (Å²) in [4.78, 5) is 22.5. The first-order valence-electron chi connectivity index (χ1n) is 8.01. The number of aromatic amines is 1. The van der Waals surface area contributed by atoms with E-state index in [1.807, 2.05) is 6.92 Å². The van der Waals surface area contributed by atoms with Gasteiger partial charge in [-0.3, -0.25) is 14.9 Å². The fraction of sp³-hybridized carbons (Fsp3) is 0.500. The van der Waals surface area contributed by atoms with Crippen molar-refractivity contribution in [2.75, 3.05) is 19.7 Å². The molecule has 4 heterocycles. The Kier molecular flexibility index (Phi) is 3.68. The molecule has 2 aliphatic heterocycles. The maximum Gasteiger partial charge on any atom is 0.272 e. The molecule has 1 N–H and O–H groups in total. The minimum Gasteiger partial charge on any atom is -0.473 e. The number of aromatic nitrogens is 4. The highest BCUT2D eigenvalue weighted by Gasteiger charge is 2.50. The summed E-state index contributed by atoms with van der Waals surface area (Å²) in [7, 11) is 0. The molecule has 2 aliphatic rings. The molecule has 2 aromatic heterocycles. The van der Waals surface area contributed by atoms with Crippen LogP contribution in [0.4, 0.5) is 0 Å². The normalized spacial score (nSPS) is 22.2. The second-order valence-electron chi connectivity index (χ2n) is 6.39. The van der Waals surface area contributed by atoms with Gasteiger partial charge in [0, 0.05) is 25.2 Å². The molecule has 1 spiro atoms. The van der Waals surface area contributed by atoms with Gasteiger partial charge in [-0.15, -0.1) is 0 Å². The van der Waals surface area contributed by atoms with Crippen molar-refractivity contribution in [3.05, 3.63) is 36.0 Å². The van der Waals surface area contributed by atoms with E-state index < -0.39 is 0 Å². The predicted octanol–water partition coefficient (Wildman–Crippen LogP) is 0.961. The first kappa shape index (κ1) is 15.1. The minimum atomic E-state index is -0.310. The van der Waals surface area contributed by atoms with Gasteiger partial charge < -0.3 is 14.4 Å². The topological polar surface area (TPSA) is 93.2 Å². The molecule has 2 aromatic rings. The van der Waals surface area contributed by atoms with E-state index in [-0.39, 0.29) is 17.6 Å². The molecule has 0 saturated carbocycles. The van der Waals surface area contributed by atoms with Gasteiger partial charge in [0.15, 0.2) is 0 Å². The van der Waals surface area contributed by atoms with Crippen molar-refractivity contribution >= 4 is 5.91 Å². The van der Waals surface area contributed by atoms with Crippen molar-refractivity contribution < 1.29 is 14.3 Å². The quantitative estimate of drug-likeness (QED) is 0.901. The van der Waals surface area contributed by atoms with E-state index in [1.54, 1.807) is 29.6 Å². The Bertz CT molecular complexity index is 727. The van der Waals surface area contributed by atoms with Gasteiger partial charge in [-0.05, 0) is 13.0 Å². The van der Waals surface area contributed by atoms with Crippen molar-refractivity contribution in [1.82, 2.24) is 25.1 Å². The van der Waals surface area contributed by atoms with E-state index in [4.69, 9.17) is 9.47 Å². The highest BCUT2D eigenvalue weighted by molar-refractivity contribution is 5.92. The van der Waals surface area contributed by atoms with Crippen LogP contribution in [0.15, 0.2) is 24.7 Å². The van der Waals surface area contributed by atoms with Gasteiger partial charge in [-0.25, -0.2) is 4.98 Å². The number of likely N-dealkylation sites (tertiary alicyclic amines) is 1. The number of hydrogen-bond acceptors (Lipinski definition) is 6. The van der Waals surface area contributed by atoms with Crippen molar-refractivity contribution in [3.63, 3.8) is 0 Å². The molecule has 1 atom stereocenters. The van der Waals surface area contributed by atoms with E-state index >= 15 is 0 Å². The number of hydrogen-bond donors (Lipinski definition) is 1. The average molecular weight is 329 g/mol. The molecule has 8 heteroatoms. The number of nitrogens with zero attached hydrogens (tertiary/aromatic N) is 4. The van der Waals surface area contributed by atoms with Crippen LogP contribution >= 0.6 is 0 Å². The molecule has 0 aliphatic carbocycles. The van der Waals surface area contributed by atoms with Gasteiger partial charge in [-0.1, -0.05) is 0 Å². The molecule has 1 amide bonds. The number of nitrogens with one attached hydrogen (secondary N) is 1. The Balaban J connectivity index is 1.37. The summed E-state index contributed by atoms with van der Waals surface area (Å²) in [5, 5.41) is 6.52. The summed E-state index contributed by atoms with van der Waals surface area (Å²) in [6.07, 6.45) is 6.49. The summed E-state index contributed by atoms with van der Waals surface area (Å²) in [6.45, 7) is 3.65. The molecule has 0 bridgehead atoms. The van der Waals surface area contributed by atoms with Crippen LogP contribution in [0.5, 0.6) is 5.88 Å². The zero-order chi connectivity index (χ0) is 16.6. The van der Waals surface area contributed by atoms with Gasteiger partial charge in [-0.2, -0.15) is 5.10 Å². The van der Waals surface area contributed by atoms with Crippen LogP contribution in [-0.4, -0.2) is 62.4 Å². The predicted molar refractivity (Wildman–Crippen MR) is 83.6 cm³/mol. The van der Waals surface area contributed by atoms with Crippen molar-refractivity contribution in [3.8, 4) is 5.88 Å². The molecule has 1 unspecified atom stereocenters. The number of carbonyl (C=O) groups excluding carboxylic acids is 1. The monoisotopic (exact) mass is 329 g/mol. The van der Waals surface area contributed by atoms with Crippen LogP contribution in [0.25, 0.3) is 0 Å². The molecule has 0 radical (unpaired) electrons. The summed E-state index contributed by atoms with van der Waals surface area (Å²) in [5.41, 5.74) is 1.02. The Labute approximate surface area is 139 Å². The van der Waals surface area contributed by atoms with E-state index in [9.17, 15) is 4.79 Å². The Hall–Kier alpha value is -2.48. The maximum absolute atomic E-state index is 12.3. The Morgan fingerprint density at radius 1 is 1.46 bits per heavy atom. The molecule has 2 saturated heterocycles. The van der Waals surface area contributed by atoms with Crippen LogP contribution < -0.4 is 4.74 Å². The Morgan fingerprint density at radius 3 is 3.08 bits per heavy atom. The van der Waals surface area contributed by atoms with Gasteiger partial charge in [0.1, 0.15) is 17.4 Å². The zero-order valence-electron chi connectivity index (χ0n) is 13.4. The number of aryl methyl sites for hydroxylation is 1. The van der Waals surface area contributed by atoms with E-state index in [1.165, 1.54) is 0 Å². The molecular formula is C16H19N5O3. The lowest BCUT2D eigenvalue weighted by Crippen LogP contribution is -2.67. The standard InChI is InChI=1S/C16H19N5O3/c1-11-7-17-8-14(19-11)24-12-3-5-23-16(6-12)9-21(10-16)15(22)13-2-4-18-20-13/h2,4,7-8,12H,3,5-6,9-10H2,1H3,(H,18,20).